The molecular weight excluding hydrogens is 376 g/mol. The fraction of sp³-hybridized carbons (Fsp3) is 0.450. The normalized spacial score (nSPS) is 13.5. The Morgan fingerprint density at radius 2 is 1.97 bits per heavy atom. The molecule has 0 bridgehead atoms. The maximum atomic E-state index is 12.9. The van der Waals surface area contributed by atoms with E-state index < -0.39 is 17.6 Å². The highest BCUT2D eigenvalue weighted by atomic mass is 16.6. The summed E-state index contributed by atoms with van der Waals surface area (Å²) in [5, 5.41) is 9.89. The van der Waals surface area contributed by atoms with Crippen molar-refractivity contribution >= 4 is 17.7 Å². The highest BCUT2D eigenvalue weighted by molar-refractivity contribution is 6.05. The van der Waals surface area contributed by atoms with E-state index in [0.29, 0.717) is 35.7 Å². The Morgan fingerprint density at radius 1 is 1.21 bits per heavy atom. The van der Waals surface area contributed by atoms with Crippen molar-refractivity contribution in [2.45, 2.75) is 39.3 Å². The van der Waals surface area contributed by atoms with Gasteiger partial charge in [0.15, 0.2) is 5.69 Å². The summed E-state index contributed by atoms with van der Waals surface area (Å²) in [4.78, 5) is 26.9. The molecule has 2 aromatic rings. The van der Waals surface area contributed by atoms with Crippen molar-refractivity contribution < 1.29 is 23.8 Å². The van der Waals surface area contributed by atoms with Gasteiger partial charge in [0.05, 0.1) is 26.5 Å². The average Bonchev–Trinajstić information content (AvgIpc) is 3.09. The summed E-state index contributed by atoms with van der Waals surface area (Å²) in [6.07, 6.45) is 0.155. The number of carbonyl (C=O) groups excluding carboxylic acids is 2. The van der Waals surface area contributed by atoms with E-state index in [-0.39, 0.29) is 12.2 Å². The van der Waals surface area contributed by atoms with Crippen LogP contribution in [-0.4, -0.2) is 53.5 Å². The van der Waals surface area contributed by atoms with Crippen LogP contribution in [-0.2, 0) is 17.7 Å². The number of nitrogens with zero attached hydrogens (tertiary/aromatic N) is 2. The Bertz CT molecular complexity index is 916. The summed E-state index contributed by atoms with van der Waals surface area (Å²) in [5.74, 6) is 0.681. The van der Waals surface area contributed by atoms with Crippen LogP contribution in [0.5, 0.6) is 11.5 Å². The van der Waals surface area contributed by atoms with E-state index in [4.69, 9.17) is 14.2 Å². The Balaban J connectivity index is 1.80. The number of carbonyl (C=O) groups is 2. The zero-order valence-corrected chi connectivity index (χ0v) is 17.3. The lowest BCUT2D eigenvalue weighted by atomic mass is 10.1. The second-order valence-corrected chi connectivity index (χ2v) is 7.70. The van der Waals surface area contributed by atoms with Gasteiger partial charge in [0.25, 0.3) is 5.91 Å². The molecule has 0 aliphatic carbocycles. The molecule has 0 unspecified atom stereocenters. The standard InChI is InChI=1S/C20H26N4O5/c1-20(2,3)29-19(26)24-9-8-14-13(11-24)17(23-22-14)18(25)21-15-10-12(27-4)6-7-16(15)28-5/h6-7,10H,8-9,11H2,1-5H3,(H,21,25)(H,22,23). The molecule has 1 aliphatic heterocycles. The molecule has 2 N–H and O–H groups in total. The number of hydrogen-bond donors (Lipinski definition) is 2. The minimum atomic E-state index is -0.586. The topological polar surface area (TPSA) is 106 Å². The van der Waals surface area contributed by atoms with Gasteiger partial charge in [0, 0.05) is 30.3 Å². The number of aromatic amines is 1. The van der Waals surface area contributed by atoms with E-state index >= 15 is 0 Å². The van der Waals surface area contributed by atoms with Gasteiger partial charge >= 0.3 is 6.09 Å². The smallest absolute Gasteiger partial charge is 0.410 e. The molecule has 0 spiro atoms. The minimum Gasteiger partial charge on any atom is -0.497 e. The summed E-state index contributed by atoms with van der Waals surface area (Å²) < 4.78 is 16.0. The number of fused-ring (bicyclic) bond motifs is 1. The molecule has 0 saturated carbocycles. The Hall–Kier alpha value is -3.23. The first-order valence-electron chi connectivity index (χ1n) is 9.29. The zero-order chi connectivity index (χ0) is 21.2. The predicted octanol–water partition coefficient (Wildman–Crippen LogP) is 2.97. The highest BCUT2D eigenvalue weighted by Gasteiger charge is 2.30. The molecule has 29 heavy (non-hydrogen) atoms. The van der Waals surface area contributed by atoms with Crippen LogP contribution in [0, 0.1) is 0 Å². The Morgan fingerprint density at radius 3 is 2.62 bits per heavy atom. The minimum absolute atomic E-state index is 0.234. The van der Waals surface area contributed by atoms with Crippen LogP contribution < -0.4 is 14.8 Å². The third kappa shape index (κ3) is 4.61. The third-order valence-electron chi connectivity index (χ3n) is 4.46. The fourth-order valence-corrected chi connectivity index (χ4v) is 3.06. The summed E-state index contributed by atoms with van der Waals surface area (Å²) >= 11 is 0. The lowest BCUT2D eigenvalue weighted by Crippen LogP contribution is -2.40. The number of aromatic nitrogens is 2. The van der Waals surface area contributed by atoms with E-state index in [1.165, 1.54) is 7.11 Å². The van der Waals surface area contributed by atoms with Crippen LogP contribution in [0.15, 0.2) is 18.2 Å². The van der Waals surface area contributed by atoms with Crippen molar-refractivity contribution in [1.29, 1.82) is 0 Å². The summed E-state index contributed by atoms with van der Waals surface area (Å²) in [7, 11) is 3.06. The van der Waals surface area contributed by atoms with Crippen LogP contribution in [0.2, 0.25) is 0 Å². The molecule has 0 atom stereocenters. The SMILES string of the molecule is COc1ccc(OC)c(NC(=O)c2n[nH]c3c2CN(C(=O)OC(C)(C)C)CC3)c1. The molecular formula is C20H26N4O5. The lowest BCUT2D eigenvalue weighted by molar-refractivity contribution is 0.0222. The molecule has 1 aromatic carbocycles. The fourth-order valence-electron chi connectivity index (χ4n) is 3.06. The maximum absolute atomic E-state index is 12.9. The third-order valence-corrected chi connectivity index (χ3v) is 4.46. The number of amides is 2. The number of nitrogens with one attached hydrogen (secondary N) is 2. The van der Waals surface area contributed by atoms with Crippen molar-refractivity contribution in [1.82, 2.24) is 15.1 Å². The van der Waals surface area contributed by atoms with Crippen LogP contribution in [0.4, 0.5) is 10.5 Å². The van der Waals surface area contributed by atoms with Gasteiger partial charge in [-0.15, -0.1) is 0 Å². The van der Waals surface area contributed by atoms with E-state index in [2.05, 4.69) is 15.5 Å². The molecule has 0 fully saturated rings. The summed E-state index contributed by atoms with van der Waals surface area (Å²) in [5.41, 5.74) is 1.64. The first-order valence-corrected chi connectivity index (χ1v) is 9.29. The molecule has 2 amide bonds. The van der Waals surface area contributed by atoms with E-state index in [1.807, 2.05) is 20.8 Å². The molecule has 9 nitrogen and oxygen atoms in total. The quantitative estimate of drug-likeness (QED) is 0.814. The van der Waals surface area contributed by atoms with Crippen LogP contribution >= 0.6 is 0 Å². The Kier molecular flexibility index (Phi) is 5.67. The van der Waals surface area contributed by atoms with Crippen LogP contribution in [0.3, 0.4) is 0 Å². The van der Waals surface area contributed by atoms with Crippen molar-refractivity contribution in [2.24, 2.45) is 0 Å². The molecule has 0 radical (unpaired) electrons. The van der Waals surface area contributed by atoms with E-state index in [1.54, 1.807) is 30.2 Å². The van der Waals surface area contributed by atoms with Gasteiger partial charge in [-0.3, -0.25) is 9.89 Å². The molecule has 1 aliphatic rings. The lowest BCUT2D eigenvalue weighted by Gasteiger charge is -2.30. The van der Waals surface area contributed by atoms with E-state index in [0.717, 1.165) is 5.69 Å². The number of H-pyrrole nitrogens is 1. The van der Waals surface area contributed by atoms with Gasteiger partial charge in [0.1, 0.15) is 17.1 Å². The molecule has 1 aromatic heterocycles. The number of hydrogen-bond acceptors (Lipinski definition) is 6. The van der Waals surface area contributed by atoms with Gasteiger partial charge in [-0.1, -0.05) is 0 Å². The van der Waals surface area contributed by atoms with Gasteiger partial charge in [0.2, 0.25) is 0 Å². The largest absolute Gasteiger partial charge is 0.497 e. The van der Waals surface area contributed by atoms with Gasteiger partial charge < -0.3 is 24.4 Å². The number of benzene rings is 1. The first kappa shape index (κ1) is 20.5. The molecule has 0 saturated heterocycles. The molecule has 156 valence electrons. The number of ether oxygens (including phenoxy) is 3. The monoisotopic (exact) mass is 402 g/mol. The predicted molar refractivity (Wildman–Crippen MR) is 106 cm³/mol. The van der Waals surface area contributed by atoms with Crippen LogP contribution in [0.25, 0.3) is 0 Å². The van der Waals surface area contributed by atoms with Gasteiger partial charge in [-0.05, 0) is 32.9 Å². The number of methoxy groups -OCH3 is 2. The van der Waals surface area contributed by atoms with Crippen LogP contribution in [0.1, 0.15) is 42.5 Å². The Labute approximate surface area is 169 Å². The summed E-state index contributed by atoms with van der Waals surface area (Å²) in [6.45, 7) is 6.20. The zero-order valence-electron chi connectivity index (χ0n) is 17.3. The number of anilines is 1. The first-order chi connectivity index (χ1) is 13.7. The average molecular weight is 402 g/mol. The summed E-state index contributed by atoms with van der Waals surface area (Å²) in [6, 6.07) is 5.12. The molecule has 3 rings (SSSR count). The van der Waals surface area contributed by atoms with E-state index in [9.17, 15) is 9.59 Å². The molecule has 2 heterocycles. The second-order valence-electron chi connectivity index (χ2n) is 7.70. The van der Waals surface area contributed by atoms with Crippen molar-refractivity contribution in [3.63, 3.8) is 0 Å². The molecule has 9 heteroatoms. The van der Waals surface area contributed by atoms with Crippen molar-refractivity contribution in [3.05, 3.63) is 35.2 Å². The highest BCUT2D eigenvalue weighted by Crippen LogP contribution is 2.30. The maximum Gasteiger partial charge on any atom is 0.410 e. The van der Waals surface area contributed by atoms with Crippen molar-refractivity contribution in [3.8, 4) is 11.5 Å². The van der Waals surface area contributed by atoms with Gasteiger partial charge in [-0.2, -0.15) is 5.10 Å². The van der Waals surface area contributed by atoms with Crippen molar-refractivity contribution in [2.75, 3.05) is 26.1 Å². The second kappa shape index (κ2) is 8.02. The van der Waals surface area contributed by atoms with Gasteiger partial charge in [-0.25, -0.2) is 4.79 Å². The number of rotatable bonds is 4.